The Balaban J connectivity index is 1.97. The summed E-state index contributed by atoms with van der Waals surface area (Å²) in [7, 11) is 0. The minimum Gasteiger partial charge on any atom is -0.507 e. The summed E-state index contributed by atoms with van der Waals surface area (Å²) in [6, 6.07) is 20.8. The van der Waals surface area contributed by atoms with E-state index in [-0.39, 0.29) is 11.3 Å². The zero-order valence-electron chi connectivity index (χ0n) is 16.6. The number of amides is 1. The monoisotopic (exact) mass is 417 g/mol. The molecule has 0 aromatic heterocycles. The van der Waals surface area contributed by atoms with Crippen LogP contribution in [0.15, 0.2) is 78.4 Å². The average molecular weight is 418 g/mol. The van der Waals surface area contributed by atoms with Crippen molar-refractivity contribution in [1.29, 1.82) is 0 Å². The highest BCUT2D eigenvalue weighted by Gasteiger charge is 2.47. The SMILES string of the molecule is Cc1cc(C)cc(N2C(=O)C(=O)/C(=C(/O)c3cccc(Cl)c3)C2c2ccccc2)c1. The van der Waals surface area contributed by atoms with E-state index in [0.717, 1.165) is 16.7 Å². The van der Waals surface area contributed by atoms with Gasteiger partial charge in [0.05, 0.1) is 11.6 Å². The van der Waals surface area contributed by atoms with Crippen molar-refractivity contribution in [2.75, 3.05) is 4.90 Å². The molecule has 5 heteroatoms. The van der Waals surface area contributed by atoms with Crippen LogP contribution in [0.25, 0.3) is 5.76 Å². The summed E-state index contributed by atoms with van der Waals surface area (Å²) >= 11 is 6.08. The van der Waals surface area contributed by atoms with Crippen LogP contribution in [0.5, 0.6) is 0 Å². The van der Waals surface area contributed by atoms with Crippen LogP contribution >= 0.6 is 11.6 Å². The molecule has 1 N–H and O–H groups in total. The third-order valence-electron chi connectivity index (χ3n) is 5.14. The van der Waals surface area contributed by atoms with E-state index in [9.17, 15) is 14.7 Å². The highest BCUT2D eigenvalue weighted by atomic mass is 35.5. The maximum atomic E-state index is 13.1. The molecular weight excluding hydrogens is 398 g/mol. The Bertz CT molecular complexity index is 1160. The van der Waals surface area contributed by atoms with Gasteiger partial charge in [0.1, 0.15) is 5.76 Å². The quantitative estimate of drug-likeness (QED) is 0.343. The van der Waals surface area contributed by atoms with Crippen LogP contribution in [0.1, 0.15) is 28.3 Å². The molecular formula is C25H20ClNO3. The topological polar surface area (TPSA) is 57.6 Å². The van der Waals surface area contributed by atoms with E-state index >= 15 is 0 Å². The molecule has 0 saturated carbocycles. The van der Waals surface area contributed by atoms with Crippen molar-refractivity contribution < 1.29 is 14.7 Å². The third kappa shape index (κ3) is 3.51. The van der Waals surface area contributed by atoms with E-state index < -0.39 is 17.7 Å². The van der Waals surface area contributed by atoms with Gasteiger partial charge in [-0.05, 0) is 54.8 Å². The number of benzene rings is 3. The Hall–Kier alpha value is -3.37. The van der Waals surface area contributed by atoms with Crippen LogP contribution in [0.3, 0.4) is 0 Å². The summed E-state index contributed by atoms with van der Waals surface area (Å²) in [6.45, 7) is 3.88. The van der Waals surface area contributed by atoms with Gasteiger partial charge in [0.15, 0.2) is 0 Å². The number of carbonyl (C=O) groups excluding carboxylic acids is 2. The van der Waals surface area contributed by atoms with Crippen molar-refractivity contribution in [2.24, 2.45) is 0 Å². The summed E-state index contributed by atoms with van der Waals surface area (Å²) in [5.41, 5.74) is 3.75. The molecule has 0 spiro atoms. The molecule has 1 unspecified atom stereocenters. The normalized spacial score (nSPS) is 18.1. The smallest absolute Gasteiger partial charge is 0.300 e. The van der Waals surface area contributed by atoms with Gasteiger partial charge >= 0.3 is 0 Å². The van der Waals surface area contributed by atoms with Gasteiger partial charge in [0, 0.05) is 16.3 Å². The molecule has 30 heavy (non-hydrogen) atoms. The van der Waals surface area contributed by atoms with E-state index in [1.165, 1.54) is 4.90 Å². The molecule has 1 atom stereocenters. The van der Waals surface area contributed by atoms with Crippen molar-refractivity contribution in [2.45, 2.75) is 19.9 Å². The number of aliphatic hydroxyl groups excluding tert-OH is 1. The van der Waals surface area contributed by atoms with Gasteiger partial charge in [0.2, 0.25) is 0 Å². The van der Waals surface area contributed by atoms with E-state index in [1.54, 1.807) is 24.3 Å². The lowest BCUT2D eigenvalue weighted by Gasteiger charge is -2.26. The molecule has 0 bridgehead atoms. The van der Waals surface area contributed by atoms with Crippen LogP contribution < -0.4 is 4.90 Å². The molecule has 1 aliphatic rings. The van der Waals surface area contributed by atoms with Crippen LogP contribution in [-0.2, 0) is 9.59 Å². The summed E-state index contributed by atoms with van der Waals surface area (Å²) in [6.07, 6.45) is 0. The molecule has 0 aliphatic carbocycles. The fourth-order valence-corrected chi connectivity index (χ4v) is 4.12. The predicted molar refractivity (Wildman–Crippen MR) is 119 cm³/mol. The Morgan fingerprint density at radius 2 is 1.57 bits per heavy atom. The highest BCUT2D eigenvalue weighted by Crippen LogP contribution is 2.42. The van der Waals surface area contributed by atoms with Crippen molar-refractivity contribution >= 4 is 34.7 Å². The Morgan fingerprint density at radius 1 is 0.900 bits per heavy atom. The zero-order valence-corrected chi connectivity index (χ0v) is 17.4. The lowest BCUT2D eigenvalue weighted by Crippen LogP contribution is -2.29. The molecule has 1 aliphatic heterocycles. The maximum absolute atomic E-state index is 13.1. The summed E-state index contributed by atoms with van der Waals surface area (Å²) < 4.78 is 0. The fourth-order valence-electron chi connectivity index (χ4n) is 3.93. The van der Waals surface area contributed by atoms with Gasteiger partial charge in [-0.25, -0.2) is 0 Å². The first kappa shape index (κ1) is 19.9. The predicted octanol–water partition coefficient (Wildman–Crippen LogP) is 5.58. The average Bonchev–Trinajstić information content (AvgIpc) is 2.98. The number of hydrogen-bond acceptors (Lipinski definition) is 3. The molecule has 0 radical (unpaired) electrons. The Morgan fingerprint density at radius 3 is 2.20 bits per heavy atom. The number of nitrogens with zero attached hydrogens (tertiary/aromatic N) is 1. The van der Waals surface area contributed by atoms with Gasteiger partial charge in [-0.2, -0.15) is 0 Å². The second kappa shape index (κ2) is 7.81. The van der Waals surface area contributed by atoms with Crippen molar-refractivity contribution in [3.05, 3.63) is 106 Å². The summed E-state index contributed by atoms with van der Waals surface area (Å²) in [4.78, 5) is 27.7. The van der Waals surface area contributed by atoms with Gasteiger partial charge in [-0.3, -0.25) is 14.5 Å². The molecule has 3 aromatic carbocycles. The largest absolute Gasteiger partial charge is 0.507 e. The molecule has 1 fully saturated rings. The van der Waals surface area contributed by atoms with E-state index in [2.05, 4.69) is 0 Å². The van der Waals surface area contributed by atoms with Crippen LogP contribution in [0, 0.1) is 13.8 Å². The van der Waals surface area contributed by atoms with Crippen molar-refractivity contribution in [1.82, 2.24) is 0 Å². The van der Waals surface area contributed by atoms with Gasteiger partial charge in [-0.1, -0.05) is 60.1 Å². The number of aliphatic hydroxyl groups is 1. The standard InChI is InChI=1S/C25H20ClNO3/c1-15-11-16(2)13-20(12-15)27-22(17-7-4-3-5-8-17)21(24(29)25(27)30)23(28)18-9-6-10-19(26)14-18/h3-14,22,28H,1-2H3/b23-21+. The molecule has 3 aromatic rings. The maximum Gasteiger partial charge on any atom is 0.300 e. The number of halogens is 1. The number of aryl methyl sites for hydroxylation is 2. The fraction of sp³-hybridized carbons (Fsp3) is 0.120. The number of rotatable bonds is 3. The third-order valence-corrected chi connectivity index (χ3v) is 5.38. The molecule has 150 valence electrons. The highest BCUT2D eigenvalue weighted by molar-refractivity contribution is 6.51. The first-order valence-electron chi connectivity index (χ1n) is 9.57. The van der Waals surface area contributed by atoms with Gasteiger partial charge in [0.25, 0.3) is 11.7 Å². The zero-order chi connectivity index (χ0) is 21.4. The summed E-state index contributed by atoms with van der Waals surface area (Å²) in [5.74, 6) is -1.63. The molecule has 1 saturated heterocycles. The number of Topliss-reactive ketones (excluding diaryl/α,β-unsaturated/α-hetero) is 1. The van der Waals surface area contributed by atoms with Crippen LogP contribution in [-0.4, -0.2) is 16.8 Å². The lowest BCUT2D eigenvalue weighted by atomic mass is 9.95. The summed E-state index contributed by atoms with van der Waals surface area (Å²) in [5, 5.41) is 11.5. The van der Waals surface area contributed by atoms with E-state index in [1.807, 2.05) is 62.4 Å². The molecule has 4 rings (SSSR count). The van der Waals surface area contributed by atoms with E-state index in [0.29, 0.717) is 16.3 Å². The van der Waals surface area contributed by atoms with Crippen molar-refractivity contribution in [3.8, 4) is 0 Å². The minimum atomic E-state index is -0.744. The van der Waals surface area contributed by atoms with Crippen LogP contribution in [0.2, 0.25) is 5.02 Å². The van der Waals surface area contributed by atoms with Gasteiger partial charge < -0.3 is 5.11 Å². The Kier molecular flexibility index (Phi) is 5.18. The molecule has 1 amide bonds. The molecule has 4 nitrogen and oxygen atoms in total. The Labute approximate surface area is 180 Å². The number of hydrogen-bond donors (Lipinski definition) is 1. The van der Waals surface area contributed by atoms with E-state index in [4.69, 9.17) is 11.6 Å². The number of anilines is 1. The lowest BCUT2D eigenvalue weighted by molar-refractivity contribution is -0.132. The number of carbonyl (C=O) groups is 2. The second-order valence-electron chi connectivity index (χ2n) is 7.44. The van der Waals surface area contributed by atoms with Crippen molar-refractivity contribution in [3.63, 3.8) is 0 Å². The number of ketones is 1. The van der Waals surface area contributed by atoms with Crippen LogP contribution in [0.4, 0.5) is 5.69 Å². The minimum absolute atomic E-state index is 0.0487. The first-order valence-corrected chi connectivity index (χ1v) is 9.95. The van der Waals surface area contributed by atoms with Gasteiger partial charge in [-0.15, -0.1) is 0 Å². The first-order chi connectivity index (χ1) is 14.4. The second-order valence-corrected chi connectivity index (χ2v) is 7.87. The molecule has 1 heterocycles.